The first kappa shape index (κ1) is 13.5. The summed E-state index contributed by atoms with van der Waals surface area (Å²) in [6.45, 7) is -0.311. The summed E-state index contributed by atoms with van der Waals surface area (Å²) in [5, 5.41) is 0. The summed E-state index contributed by atoms with van der Waals surface area (Å²) in [5.41, 5.74) is 5.37. The molecule has 1 aromatic heterocycles. The summed E-state index contributed by atoms with van der Waals surface area (Å²) in [5.74, 6) is 0. The minimum absolute atomic E-state index is 0.311. The fraction of sp³-hybridized carbons (Fsp3) is 0.105. The number of nitrogens with zero attached hydrogens (tertiary/aromatic N) is 1. The van der Waals surface area contributed by atoms with Crippen molar-refractivity contribution in [2.75, 3.05) is 6.67 Å². The number of aromatic nitrogens is 1. The molecule has 0 bridgehead atoms. The third-order valence-electron chi connectivity index (χ3n) is 3.49. The van der Waals surface area contributed by atoms with Crippen LogP contribution in [-0.2, 0) is 6.42 Å². The van der Waals surface area contributed by atoms with E-state index in [9.17, 15) is 4.39 Å². The lowest BCUT2D eigenvalue weighted by molar-refractivity contribution is 0.495. The van der Waals surface area contributed by atoms with Gasteiger partial charge in [0.05, 0.1) is 12.4 Å². The van der Waals surface area contributed by atoms with Gasteiger partial charge in [0.25, 0.3) is 0 Å². The van der Waals surface area contributed by atoms with Gasteiger partial charge in [0.1, 0.15) is 0 Å². The van der Waals surface area contributed by atoms with Gasteiger partial charge in [-0.25, -0.2) is 0 Å². The predicted molar refractivity (Wildman–Crippen MR) is 84.8 cm³/mol. The minimum atomic E-state index is -0.311. The van der Waals surface area contributed by atoms with Crippen LogP contribution in [0, 0.1) is 0 Å². The Balaban J connectivity index is 1.92. The number of pyridine rings is 1. The van der Waals surface area contributed by atoms with E-state index >= 15 is 0 Å². The van der Waals surface area contributed by atoms with Crippen LogP contribution in [0.2, 0.25) is 0 Å². The van der Waals surface area contributed by atoms with Crippen molar-refractivity contribution in [2.24, 2.45) is 0 Å². The van der Waals surface area contributed by atoms with E-state index < -0.39 is 0 Å². The number of hydrogen-bond acceptors (Lipinski definition) is 1. The largest absolute Gasteiger partial charge is 0.256 e. The van der Waals surface area contributed by atoms with E-state index in [4.69, 9.17) is 0 Å². The first-order valence-electron chi connectivity index (χ1n) is 7.03. The maximum absolute atomic E-state index is 12.3. The highest BCUT2D eigenvalue weighted by atomic mass is 19.1. The molecule has 0 aliphatic rings. The second-order valence-corrected chi connectivity index (χ2v) is 4.93. The van der Waals surface area contributed by atoms with Crippen molar-refractivity contribution in [3.05, 3.63) is 78.5 Å². The number of aryl methyl sites for hydroxylation is 1. The van der Waals surface area contributed by atoms with Crippen LogP contribution in [-0.4, -0.2) is 11.7 Å². The van der Waals surface area contributed by atoms with Crippen molar-refractivity contribution < 1.29 is 4.39 Å². The summed E-state index contributed by atoms with van der Waals surface area (Å²) >= 11 is 0. The number of halogens is 1. The molecule has 1 nitrogen and oxygen atoms in total. The minimum Gasteiger partial charge on any atom is -0.256 e. The van der Waals surface area contributed by atoms with E-state index in [0.717, 1.165) is 27.9 Å². The molecule has 0 atom stereocenters. The molecule has 2 aromatic carbocycles. The molecule has 2 heteroatoms. The van der Waals surface area contributed by atoms with Gasteiger partial charge >= 0.3 is 0 Å². The maximum Gasteiger partial charge on any atom is 0.0934 e. The number of rotatable bonds is 4. The smallest absolute Gasteiger partial charge is 0.0934 e. The summed E-state index contributed by atoms with van der Waals surface area (Å²) < 4.78 is 12.3. The molecule has 0 saturated heterocycles. The Kier molecular flexibility index (Phi) is 4.06. The van der Waals surface area contributed by atoms with Crippen molar-refractivity contribution in [1.29, 1.82) is 0 Å². The zero-order valence-electron chi connectivity index (χ0n) is 11.7. The molecule has 0 amide bonds. The van der Waals surface area contributed by atoms with E-state index in [2.05, 4.69) is 23.2 Å². The molecule has 0 N–H and O–H groups in total. The van der Waals surface area contributed by atoms with Gasteiger partial charge in [-0.3, -0.25) is 9.37 Å². The summed E-state index contributed by atoms with van der Waals surface area (Å²) in [6.07, 6.45) is 2.28. The van der Waals surface area contributed by atoms with E-state index in [1.807, 2.05) is 48.5 Å². The molecular weight excluding hydrogens is 261 g/mol. The van der Waals surface area contributed by atoms with E-state index in [0.29, 0.717) is 6.42 Å². The van der Waals surface area contributed by atoms with E-state index in [1.165, 1.54) is 0 Å². The summed E-state index contributed by atoms with van der Waals surface area (Å²) in [6, 6.07) is 22.3. The summed E-state index contributed by atoms with van der Waals surface area (Å²) in [7, 11) is 0. The van der Waals surface area contributed by atoms with Crippen molar-refractivity contribution in [3.63, 3.8) is 0 Å². The Morgan fingerprint density at radius 3 is 2.29 bits per heavy atom. The third-order valence-corrected chi connectivity index (χ3v) is 3.49. The number of alkyl halides is 1. The number of benzene rings is 2. The molecular formula is C19H16FN. The maximum atomic E-state index is 12.3. The molecule has 0 fully saturated rings. The molecule has 21 heavy (non-hydrogen) atoms. The molecule has 0 spiro atoms. The van der Waals surface area contributed by atoms with Crippen LogP contribution in [0.1, 0.15) is 5.56 Å². The van der Waals surface area contributed by atoms with Crippen LogP contribution in [0.5, 0.6) is 0 Å². The zero-order valence-corrected chi connectivity index (χ0v) is 11.7. The van der Waals surface area contributed by atoms with Gasteiger partial charge in [-0.15, -0.1) is 0 Å². The second kappa shape index (κ2) is 6.31. The van der Waals surface area contributed by atoms with Gasteiger partial charge in [0.2, 0.25) is 0 Å². The quantitative estimate of drug-likeness (QED) is 0.659. The van der Waals surface area contributed by atoms with Crippen LogP contribution in [0.3, 0.4) is 0 Å². The van der Waals surface area contributed by atoms with E-state index in [1.54, 1.807) is 6.20 Å². The SMILES string of the molecule is FCCc1ccc(-c2cccc(-c3ccccn3)c2)cc1. The van der Waals surface area contributed by atoms with Crippen molar-refractivity contribution in [2.45, 2.75) is 6.42 Å². The van der Waals surface area contributed by atoms with Crippen LogP contribution < -0.4 is 0 Å². The molecule has 3 rings (SSSR count). The van der Waals surface area contributed by atoms with Crippen LogP contribution >= 0.6 is 0 Å². The average molecular weight is 277 g/mol. The third kappa shape index (κ3) is 3.16. The molecule has 0 unspecified atom stereocenters. The van der Waals surface area contributed by atoms with Crippen molar-refractivity contribution >= 4 is 0 Å². The van der Waals surface area contributed by atoms with Gasteiger partial charge in [-0.1, -0.05) is 48.5 Å². The monoisotopic (exact) mass is 277 g/mol. The average Bonchev–Trinajstić information content (AvgIpc) is 2.57. The summed E-state index contributed by atoms with van der Waals surface area (Å²) in [4.78, 5) is 4.38. The second-order valence-electron chi connectivity index (χ2n) is 4.93. The number of hydrogen-bond donors (Lipinski definition) is 0. The topological polar surface area (TPSA) is 12.9 Å². The van der Waals surface area contributed by atoms with Crippen molar-refractivity contribution in [3.8, 4) is 22.4 Å². The predicted octanol–water partition coefficient (Wildman–Crippen LogP) is 4.93. The fourth-order valence-corrected chi connectivity index (χ4v) is 2.36. The molecule has 0 aliphatic heterocycles. The van der Waals surface area contributed by atoms with Crippen LogP contribution in [0.25, 0.3) is 22.4 Å². The molecule has 0 radical (unpaired) electrons. The van der Waals surface area contributed by atoms with Crippen molar-refractivity contribution in [1.82, 2.24) is 4.98 Å². The van der Waals surface area contributed by atoms with Crippen LogP contribution in [0.15, 0.2) is 72.9 Å². The normalized spacial score (nSPS) is 10.5. The lowest BCUT2D eigenvalue weighted by atomic mass is 10.00. The van der Waals surface area contributed by atoms with Gasteiger partial charge < -0.3 is 0 Å². The Labute approximate surface area is 124 Å². The van der Waals surface area contributed by atoms with Gasteiger partial charge in [0, 0.05) is 18.2 Å². The molecule has 0 aliphatic carbocycles. The Morgan fingerprint density at radius 2 is 1.57 bits per heavy atom. The first-order valence-corrected chi connectivity index (χ1v) is 7.03. The van der Waals surface area contributed by atoms with Gasteiger partial charge in [-0.2, -0.15) is 0 Å². The van der Waals surface area contributed by atoms with E-state index in [-0.39, 0.29) is 6.67 Å². The Bertz CT molecular complexity index is 705. The highest BCUT2D eigenvalue weighted by molar-refractivity contribution is 5.71. The van der Waals surface area contributed by atoms with Gasteiger partial charge in [-0.05, 0) is 34.9 Å². The first-order chi connectivity index (χ1) is 10.4. The standard InChI is InChI=1S/C19H16FN/c20-12-11-15-7-9-16(10-8-15)17-4-3-5-18(14-17)19-6-1-2-13-21-19/h1-10,13-14H,11-12H2. The Hall–Kier alpha value is -2.48. The fourth-order valence-electron chi connectivity index (χ4n) is 2.36. The molecule has 0 saturated carbocycles. The molecule has 104 valence electrons. The van der Waals surface area contributed by atoms with Gasteiger partial charge in [0.15, 0.2) is 0 Å². The Morgan fingerprint density at radius 1 is 0.762 bits per heavy atom. The lowest BCUT2D eigenvalue weighted by Gasteiger charge is -2.06. The van der Waals surface area contributed by atoms with Crippen LogP contribution in [0.4, 0.5) is 4.39 Å². The highest BCUT2D eigenvalue weighted by Crippen LogP contribution is 2.25. The molecule has 3 aromatic rings. The highest BCUT2D eigenvalue weighted by Gasteiger charge is 2.02. The zero-order chi connectivity index (χ0) is 14.5. The lowest BCUT2D eigenvalue weighted by Crippen LogP contribution is -1.87. The molecule has 1 heterocycles.